The molecule has 1 aromatic carbocycles. The average molecular weight is 246 g/mol. The lowest BCUT2D eigenvalue weighted by Crippen LogP contribution is -1.97. The van der Waals surface area contributed by atoms with E-state index in [2.05, 4.69) is 9.97 Å². The Morgan fingerprint density at radius 3 is 2.72 bits per heavy atom. The number of nitrogens with zero attached hydrogens (tertiary/aromatic N) is 3. The highest BCUT2D eigenvalue weighted by Crippen LogP contribution is 2.24. The van der Waals surface area contributed by atoms with Gasteiger partial charge in [-0.2, -0.15) is 0 Å². The maximum absolute atomic E-state index is 13.7. The van der Waals surface area contributed by atoms with Crippen LogP contribution in [0, 0.1) is 11.6 Å². The number of hydrogen-bond donors (Lipinski definition) is 1. The third kappa shape index (κ3) is 1.50. The topological polar surface area (TPSA) is 56.2 Å². The normalized spacial score (nSPS) is 11.0. The van der Waals surface area contributed by atoms with Crippen molar-refractivity contribution >= 4 is 11.6 Å². The third-order valence-corrected chi connectivity index (χ3v) is 2.66. The summed E-state index contributed by atoms with van der Waals surface area (Å²) in [5.74, 6) is -1.01. The smallest absolute Gasteiger partial charge is 0.235 e. The van der Waals surface area contributed by atoms with Crippen molar-refractivity contribution in [1.82, 2.24) is 14.4 Å². The highest BCUT2D eigenvalue weighted by atomic mass is 19.2. The molecule has 18 heavy (non-hydrogen) atoms. The van der Waals surface area contributed by atoms with Crippen LogP contribution in [0.1, 0.15) is 0 Å². The van der Waals surface area contributed by atoms with Gasteiger partial charge in [-0.25, -0.2) is 18.7 Å². The van der Waals surface area contributed by atoms with Crippen molar-refractivity contribution in [3.8, 4) is 11.1 Å². The number of nitrogen functional groups attached to an aromatic ring is 1. The Bertz CT molecular complexity index is 736. The van der Waals surface area contributed by atoms with Crippen LogP contribution < -0.4 is 5.73 Å². The van der Waals surface area contributed by atoms with E-state index in [0.717, 1.165) is 6.07 Å². The van der Waals surface area contributed by atoms with Gasteiger partial charge < -0.3 is 5.73 Å². The number of aromatic nitrogens is 3. The Balaban J connectivity index is 2.25. The van der Waals surface area contributed by atoms with Gasteiger partial charge in [-0.05, 0) is 6.07 Å². The van der Waals surface area contributed by atoms with E-state index in [1.54, 1.807) is 6.20 Å². The van der Waals surface area contributed by atoms with Gasteiger partial charge >= 0.3 is 0 Å². The number of fused-ring (bicyclic) bond motifs is 1. The van der Waals surface area contributed by atoms with Gasteiger partial charge in [0, 0.05) is 23.5 Å². The molecular weight excluding hydrogens is 238 g/mol. The van der Waals surface area contributed by atoms with Gasteiger partial charge in [0.05, 0.1) is 6.20 Å². The van der Waals surface area contributed by atoms with Gasteiger partial charge in [-0.3, -0.25) is 4.40 Å². The van der Waals surface area contributed by atoms with Crippen LogP contribution in [-0.2, 0) is 0 Å². The third-order valence-electron chi connectivity index (χ3n) is 2.66. The first-order chi connectivity index (χ1) is 8.66. The van der Waals surface area contributed by atoms with E-state index < -0.39 is 11.6 Å². The van der Waals surface area contributed by atoms with E-state index in [-0.39, 0.29) is 5.56 Å². The molecule has 90 valence electrons. The standard InChI is InChI=1S/C12H8F2N4/c13-9-3-1-2-8(11(9)14)7-4-16-12-17-5-10(15)18(12)6-7/h1-6H,15H2. The second kappa shape index (κ2) is 3.76. The zero-order valence-electron chi connectivity index (χ0n) is 9.14. The molecule has 0 saturated carbocycles. The molecule has 0 aliphatic rings. The Kier molecular flexibility index (Phi) is 2.22. The van der Waals surface area contributed by atoms with Gasteiger partial charge in [-0.15, -0.1) is 0 Å². The first-order valence-electron chi connectivity index (χ1n) is 5.20. The first-order valence-corrected chi connectivity index (χ1v) is 5.20. The predicted octanol–water partition coefficient (Wildman–Crippen LogP) is 2.26. The van der Waals surface area contributed by atoms with Crippen LogP contribution in [0.4, 0.5) is 14.6 Å². The van der Waals surface area contributed by atoms with E-state index in [1.807, 2.05) is 0 Å². The van der Waals surface area contributed by atoms with Crippen LogP contribution in [0.25, 0.3) is 16.9 Å². The van der Waals surface area contributed by atoms with Crippen molar-refractivity contribution < 1.29 is 8.78 Å². The zero-order chi connectivity index (χ0) is 12.7. The lowest BCUT2D eigenvalue weighted by molar-refractivity contribution is 0.511. The van der Waals surface area contributed by atoms with Crippen molar-refractivity contribution in [3.05, 3.63) is 48.4 Å². The summed E-state index contributed by atoms with van der Waals surface area (Å²) in [6, 6.07) is 3.99. The first kappa shape index (κ1) is 10.6. The molecule has 0 amide bonds. The van der Waals surface area contributed by atoms with E-state index in [4.69, 9.17) is 5.73 Å². The molecule has 0 aliphatic heterocycles. The molecule has 3 rings (SSSR count). The minimum absolute atomic E-state index is 0.137. The maximum Gasteiger partial charge on any atom is 0.235 e. The summed E-state index contributed by atoms with van der Waals surface area (Å²) in [4.78, 5) is 7.98. The van der Waals surface area contributed by atoms with Crippen molar-refractivity contribution in [3.63, 3.8) is 0 Å². The van der Waals surface area contributed by atoms with Crippen LogP contribution in [0.15, 0.2) is 36.8 Å². The van der Waals surface area contributed by atoms with Crippen LogP contribution in [0.2, 0.25) is 0 Å². The summed E-state index contributed by atoms with van der Waals surface area (Å²) in [5.41, 5.74) is 6.25. The Labute approximate surface area is 101 Å². The number of nitrogens with two attached hydrogens (primary N) is 1. The van der Waals surface area contributed by atoms with Crippen molar-refractivity contribution in [1.29, 1.82) is 0 Å². The Hall–Kier alpha value is -2.50. The number of hydrogen-bond acceptors (Lipinski definition) is 3. The summed E-state index contributed by atoms with van der Waals surface area (Å²) in [6.07, 6.45) is 4.45. The molecule has 2 aromatic heterocycles. The van der Waals surface area contributed by atoms with Gasteiger partial charge in [0.1, 0.15) is 5.82 Å². The minimum Gasteiger partial charge on any atom is -0.383 e. The summed E-state index contributed by atoms with van der Waals surface area (Å²) in [5, 5.41) is 0. The maximum atomic E-state index is 13.7. The van der Waals surface area contributed by atoms with E-state index in [1.165, 1.54) is 28.9 Å². The predicted molar refractivity (Wildman–Crippen MR) is 62.8 cm³/mol. The second-order valence-electron chi connectivity index (χ2n) is 3.80. The summed E-state index contributed by atoms with van der Waals surface area (Å²) in [6.45, 7) is 0. The molecular formula is C12H8F2N4. The van der Waals surface area contributed by atoms with Crippen molar-refractivity contribution in [2.24, 2.45) is 0 Å². The van der Waals surface area contributed by atoms with Crippen LogP contribution >= 0.6 is 0 Å². The van der Waals surface area contributed by atoms with Crippen LogP contribution in [-0.4, -0.2) is 14.4 Å². The van der Waals surface area contributed by atoms with Crippen molar-refractivity contribution in [2.75, 3.05) is 5.73 Å². The Morgan fingerprint density at radius 1 is 1.11 bits per heavy atom. The zero-order valence-corrected chi connectivity index (χ0v) is 9.14. The van der Waals surface area contributed by atoms with E-state index in [0.29, 0.717) is 17.2 Å². The molecule has 3 aromatic rings. The van der Waals surface area contributed by atoms with Gasteiger partial charge in [0.25, 0.3) is 0 Å². The van der Waals surface area contributed by atoms with Gasteiger partial charge in [-0.1, -0.05) is 12.1 Å². The molecule has 4 nitrogen and oxygen atoms in total. The highest BCUT2D eigenvalue weighted by Gasteiger charge is 2.11. The quantitative estimate of drug-likeness (QED) is 0.716. The second-order valence-corrected chi connectivity index (χ2v) is 3.80. The van der Waals surface area contributed by atoms with Crippen LogP contribution in [0.5, 0.6) is 0 Å². The van der Waals surface area contributed by atoms with Crippen molar-refractivity contribution in [2.45, 2.75) is 0 Å². The summed E-state index contributed by atoms with van der Waals surface area (Å²) >= 11 is 0. The highest BCUT2D eigenvalue weighted by molar-refractivity contribution is 5.64. The number of benzene rings is 1. The summed E-state index contributed by atoms with van der Waals surface area (Å²) in [7, 11) is 0. The Morgan fingerprint density at radius 2 is 1.89 bits per heavy atom. The van der Waals surface area contributed by atoms with Crippen LogP contribution in [0.3, 0.4) is 0 Å². The molecule has 0 unspecified atom stereocenters. The molecule has 2 heterocycles. The largest absolute Gasteiger partial charge is 0.383 e. The fourth-order valence-corrected chi connectivity index (χ4v) is 1.76. The fourth-order valence-electron chi connectivity index (χ4n) is 1.76. The van der Waals surface area contributed by atoms with Gasteiger partial charge in [0.15, 0.2) is 11.6 Å². The monoisotopic (exact) mass is 246 g/mol. The molecule has 0 saturated heterocycles. The number of halogens is 2. The molecule has 0 aliphatic carbocycles. The molecule has 0 fully saturated rings. The molecule has 0 radical (unpaired) electrons. The average Bonchev–Trinajstić information content (AvgIpc) is 2.74. The number of anilines is 1. The minimum atomic E-state index is -0.905. The number of imidazole rings is 1. The molecule has 0 atom stereocenters. The molecule has 6 heteroatoms. The number of rotatable bonds is 1. The van der Waals surface area contributed by atoms with E-state index in [9.17, 15) is 8.78 Å². The van der Waals surface area contributed by atoms with E-state index >= 15 is 0 Å². The molecule has 0 spiro atoms. The summed E-state index contributed by atoms with van der Waals surface area (Å²) < 4.78 is 28.3. The fraction of sp³-hybridized carbons (Fsp3) is 0. The SMILES string of the molecule is Nc1cnc2ncc(-c3cccc(F)c3F)cn12. The lowest BCUT2D eigenvalue weighted by Gasteiger charge is -2.04. The van der Waals surface area contributed by atoms with Gasteiger partial charge in [0.2, 0.25) is 5.78 Å². The molecule has 2 N–H and O–H groups in total. The molecule has 0 bridgehead atoms. The lowest BCUT2D eigenvalue weighted by atomic mass is 10.1.